The van der Waals surface area contributed by atoms with Gasteiger partial charge in [0.05, 0.1) is 4.90 Å². The molecule has 0 unspecified atom stereocenters. The van der Waals surface area contributed by atoms with Gasteiger partial charge in [0.25, 0.3) is 10.1 Å². The summed E-state index contributed by atoms with van der Waals surface area (Å²) in [6.07, 6.45) is 1.58. The normalized spacial score (nSPS) is 10.2. The number of ether oxygens (including phenoxy) is 1. The van der Waals surface area contributed by atoms with Crippen molar-refractivity contribution >= 4 is 39.7 Å². The summed E-state index contributed by atoms with van der Waals surface area (Å²) in [6.45, 7) is 3.82. The molecule has 0 aliphatic heterocycles. The summed E-state index contributed by atoms with van der Waals surface area (Å²) in [5.41, 5.74) is 0. The van der Waals surface area contributed by atoms with Crippen molar-refractivity contribution in [3.63, 3.8) is 0 Å². The van der Waals surface area contributed by atoms with E-state index in [1.165, 1.54) is 24.3 Å². The number of hydrogen-bond donors (Lipinski definition) is 1. The number of rotatable bonds is 4. The van der Waals surface area contributed by atoms with Gasteiger partial charge in [-0.25, -0.2) is 0 Å². The Kier molecular flexibility index (Phi) is 6.16. The van der Waals surface area contributed by atoms with E-state index < -0.39 is 10.1 Å². The zero-order valence-corrected chi connectivity index (χ0v) is 8.20. The fraction of sp³-hybridized carbons (Fsp3) is 0.111. The van der Waals surface area contributed by atoms with Gasteiger partial charge in [0.15, 0.2) is 0 Å². The predicted octanol–water partition coefficient (Wildman–Crippen LogP) is 0.850. The van der Waals surface area contributed by atoms with Crippen molar-refractivity contribution in [2.24, 2.45) is 0 Å². The summed E-state index contributed by atoms with van der Waals surface area (Å²) >= 11 is 0. The van der Waals surface area contributed by atoms with Crippen LogP contribution in [-0.2, 0) is 10.1 Å². The van der Waals surface area contributed by atoms with Gasteiger partial charge in [0, 0.05) is 0 Å². The van der Waals surface area contributed by atoms with Crippen LogP contribution >= 0.6 is 0 Å². The summed E-state index contributed by atoms with van der Waals surface area (Å²) in [4.78, 5) is -0.150. The van der Waals surface area contributed by atoms with Crippen LogP contribution in [-0.4, -0.2) is 49.1 Å². The summed E-state index contributed by atoms with van der Waals surface area (Å²) in [7, 11) is -4.12. The zero-order valence-electron chi connectivity index (χ0n) is 7.38. The monoisotopic (exact) mass is 238 g/mol. The van der Waals surface area contributed by atoms with Crippen LogP contribution in [0.4, 0.5) is 0 Å². The third-order valence-corrected chi connectivity index (χ3v) is 2.36. The molecule has 0 aliphatic rings. The standard InChI is InChI=1S/C9H10O4S.Na.H/c1-2-7-13-8-3-5-9(6-4-8)14(10,11)12;;/h2-6H,1,7H2,(H,10,11,12);;. The molecular formula is C9H11NaO4S. The quantitative estimate of drug-likeness (QED) is 0.480. The Bertz CT molecular complexity index is 410. The Morgan fingerprint density at radius 3 is 2.27 bits per heavy atom. The molecule has 15 heavy (non-hydrogen) atoms. The molecule has 0 aromatic heterocycles. The van der Waals surface area contributed by atoms with Crippen molar-refractivity contribution in [1.82, 2.24) is 0 Å². The molecule has 0 atom stereocenters. The molecule has 1 aromatic carbocycles. The molecule has 6 heteroatoms. The summed E-state index contributed by atoms with van der Waals surface area (Å²) in [5, 5.41) is 0. The first kappa shape index (κ1) is 14.7. The van der Waals surface area contributed by atoms with Gasteiger partial charge in [-0.2, -0.15) is 8.42 Å². The molecule has 1 rings (SSSR count). The van der Waals surface area contributed by atoms with E-state index in [9.17, 15) is 8.42 Å². The molecule has 0 heterocycles. The van der Waals surface area contributed by atoms with E-state index in [4.69, 9.17) is 9.29 Å². The Labute approximate surface area is 111 Å². The van der Waals surface area contributed by atoms with E-state index >= 15 is 0 Å². The molecule has 0 spiro atoms. The van der Waals surface area contributed by atoms with Crippen molar-refractivity contribution in [2.45, 2.75) is 4.90 Å². The van der Waals surface area contributed by atoms with E-state index in [-0.39, 0.29) is 34.5 Å². The van der Waals surface area contributed by atoms with Gasteiger partial charge < -0.3 is 4.74 Å². The first-order valence-electron chi connectivity index (χ1n) is 3.85. The molecule has 4 nitrogen and oxygen atoms in total. The molecule has 0 bridgehead atoms. The molecule has 0 fully saturated rings. The molecule has 78 valence electrons. The number of benzene rings is 1. The zero-order chi connectivity index (χ0) is 10.6. The minimum absolute atomic E-state index is 0. The topological polar surface area (TPSA) is 63.6 Å². The maximum atomic E-state index is 10.7. The van der Waals surface area contributed by atoms with E-state index in [1.807, 2.05) is 0 Å². The fourth-order valence-corrected chi connectivity index (χ4v) is 1.34. The van der Waals surface area contributed by atoms with Crippen molar-refractivity contribution in [3.8, 4) is 5.75 Å². The van der Waals surface area contributed by atoms with Crippen LogP contribution in [0.1, 0.15) is 0 Å². The summed E-state index contributed by atoms with van der Waals surface area (Å²) in [5.74, 6) is 0.525. The molecule has 0 saturated carbocycles. The number of hydrogen-bond acceptors (Lipinski definition) is 3. The second-order valence-corrected chi connectivity index (χ2v) is 3.97. The second-order valence-electron chi connectivity index (χ2n) is 2.55. The van der Waals surface area contributed by atoms with Crippen LogP contribution < -0.4 is 4.74 Å². The molecule has 0 saturated heterocycles. The van der Waals surface area contributed by atoms with Gasteiger partial charge in [-0.15, -0.1) is 0 Å². The molecule has 1 N–H and O–H groups in total. The first-order valence-corrected chi connectivity index (χ1v) is 5.29. The molecule has 0 amide bonds. The van der Waals surface area contributed by atoms with Gasteiger partial charge in [0.1, 0.15) is 12.4 Å². The Hall–Kier alpha value is -0.330. The van der Waals surface area contributed by atoms with Crippen molar-refractivity contribution in [3.05, 3.63) is 36.9 Å². The fourth-order valence-electron chi connectivity index (χ4n) is 0.863. The van der Waals surface area contributed by atoms with Gasteiger partial charge in [-0.1, -0.05) is 12.7 Å². The minimum atomic E-state index is -4.12. The van der Waals surface area contributed by atoms with Crippen molar-refractivity contribution in [1.29, 1.82) is 0 Å². The van der Waals surface area contributed by atoms with E-state index in [2.05, 4.69) is 6.58 Å². The Morgan fingerprint density at radius 1 is 1.33 bits per heavy atom. The predicted molar refractivity (Wildman–Crippen MR) is 59.1 cm³/mol. The second kappa shape index (κ2) is 6.30. The molecule has 0 radical (unpaired) electrons. The van der Waals surface area contributed by atoms with Gasteiger partial charge >= 0.3 is 29.6 Å². The molecule has 0 aliphatic carbocycles. The first-order chi connectivity index (χ1) is 6.54. The van der Waals surface area contributed by atoms with Gasteiger partial charge in [-0.3, -0.25) is 4.55 Å². The Morgan fingerprint density at radius 2 is 1.87 bits per heavy atom. The van der Waals surface area contributed by atoms with Crippen LogP contribution in [0.15, 0.2) is 41.8 Å². The average molecular weight is 238 g/mol. The van der Waals surface area contributed by atoms with E-state index in [1.54, 1.807) is 6.08 Å². The van der Waals surface area contributed by atoms with E-state index in [0.717, 1.165) is 0 Å². The molecule has 1 aromatic rings. The van der Waals surface area contributed by atoms with Gasteiger partial charge in [0.2, 0.25) is 0 Å². The third kappa shape index (κ3) is 4.81. The SMILES string of the molecule is C=CCOc1ccc(S(=O)(=O)O)cc1.[NaH]. The average Bonchev–Trinajstić information content (AvgIpc) is 2.14. The summed E-state index contributed by atoms with van der Waals surface area (Å²) in [6, 6.07) is 5.47. The Balaban J connectivity index is 0.00000196. The van der Waals surface area contributed by atoms with Crippen LogP contribution in [0.5, 0.6) is 5.75 Å². The van der Waals surface area contributed by atoms with Crippen LogP contribution in [0.2, 0.25) is 0 Å². The van der Waals surface area contributed by atoms with Crippen LogP contribution in [0, 0.1) is 0 Å². The van der Waals surface area contributed by atoms with Crippen molar-refractivity contribution < 1.29 is 17.7 Å². The molecular weight excluding hydrogens is 227 g/mol. The van der Waals surface area contributed by atoms with Gasteiger partial charge in [-0.05, 0) is 24.3 Å². The van der Waals surface area contributed by atoms with Crippen molar-refractivity contribution in [2.75, 3.05) is 6.61 Å². The van der Waals surface area contributed by atoms with E-state index in [0.29, 0.717) is 12.4 Å². The van der Waals surface area contributed by atoms with Crippen LogP contribution in [0.25, 0.3) is 0 Å². The summed E-state index contributed by atoms with van der Waals surface area (Å²) < 4.78 is 35.1. The van der Waals surface area contributed by atoms with Crippen LogP contribution in [0.3, 0.4) is 0 Å². The maximum absolute atomic E-state index is 10.7. The third-order valence-electron chi connectivity index (χ3n) is 1.49.